The van der Waals surface area contributed by atoms with Crippen LogP contribution in [0, 0.1) is 0 Å². The van der Waals surface area contributed by atoms with Gasteiger partial charge in [0.25, 0.3) is 0 Å². The third-order valence-corrected chi connectivity index (χ3v) is 6.37. The van der Waals surface area contributed by atoms with Crippen molar-refractivity contribution in [3.05, 3.63) is 164 Å². The lowest BCUT2D eigenvalue weighted by molar-refractivity contribution is 1.28. The molecule has 0 amide bonds. The zero-order chi connectivity index (χ0) is 29.2. The van der Waals surface area contributed by atoms with Gasteiger partial charge < -0.3 is 4.90 Å². The fourth-order valence-corrected chi connectivity index (χ4v) is 4.59. The van der Waals surface area contributed by atoms with Gasteiger partial charge in [0, 0.05) is 17.1 Å². The minimum atomic E-state index is -0.412. The summed E-state index contributed by atoms with van der Waals surface area (Å²) in [6, 6.07) is 42.7. The molecule has 6 rings (SSSR count). The second-order valence-electron chi connectivity index (χ2n) is 8.68. The zero-order valence-electron chi connectivity index (χ0n) is 25.1. The molecule has 0 aliphatic rings. The van der Waals surface area contributed by atoms with E-state index in [4.69, 9.17) is 6.85 Å². The molecule has 0 fully saturated rings. The topological polar surface area (TPSA) is 3.24 Å². The molecule has 0 aliphatic heterocycles. The number of anilines is 3. The Bertz CT molecular complexity index is 1830. The number of hydrogen-bond acceptors (Lipinski definition) is 1. The molecule has 0 unspecified atom stereocenters. The number of rotatable bonds is 6. The molecule has 0 aliphatic carbocycles. The van der Waals surface area contributed by atoms with Gasteiger partial charge in [-0.15, -0.1) is 0 Å². The van der Waals surface area contributed by atoms with E-state index in [1.807, 2.05) is 91.0 Å². The van der Waals surface area contributed by atoms with Crippen molar-refractivity contribution in [3.63, 3.8) is 0 Å². The normalized spacial score (nSPS) is 12.6. The van der Waals surface area contributed by atoms with Crippen LogP contribution in [0.1, 0.15) is 6.85 Å². The number of benzene rings is 6. The summed E-state index contributed by atoms with van der Waals surface area (Å²) >= 11 is 0. The Labute approximate surface area is 226 Å². The van der Waals surface area contributed by atoms with Crippen LogP contribution in [-0.4, -0.2) is 0 Å². The molecule has 6 aromatic rings. The molecule has 0 atom stereocenters. The summed E-state index contributed by atoms with van der Waals surface area (Å²) in [7, 11) is 0. The molecule has 0 aromatic heterocycles. The van der Waals surface area contributed by atoms with Crippen LogP contribution in [-0.2, 0) is 0 Å². The van der Waals surface area contributed by atoms with E-state index in [1.165, 1.54) is 0 Å². The molecule has 0 saturated heterocycles. The fourth-order valence-electron chi connectivity index (χ4n) is 4.59. The second kappa shape index (κ2) is 10.4. The first kappa shape index (κ1) is 17.5. The Hall–Kier alpha value is -4.88. The van der Waals surface area contributed by atoms with Crippen LogP contribution in [0.2, 0.25) is 0 Å². The summed E-state index contributed by atoms with van der Waals surface area (Å²) in [5.74, 6) is 0. The second-order valence-corrected chi connectivity index (χ2v) is 8.68. The van der Waals surface area contributed by atoms with Crippen molar-refractivity contribution < 1.29 is 6.85 Å². The molecular formula is C36H27N. The van der Waals surface area contributed by atoms with Crippen LogP contribution in [0.25, 0.3) is 33.4 Å². The van der Waals surface area contributed by atoms with E-state index in [0.717, 1.165) is 33.4 Å². The van der Waals surface area contributed by atoms with E-state index >= 15 is 0 Å². The van der Waals surface area contributed by atoms with Crippen molar-refractivity contribution in [2.45, 2.75) is 0 Å². The summed E-state index contributed by atoms with van der Waals surface area (Å²) in [6.45, 7) is 0. The Kier molecular flexibility index (Phi) is 4.93. The van der Waals surface area contributed by atoms with E-state index in [9.17, 15) is 0 Å². The first-order valence-corrected chi connectivity index (χ1v) is 12.2. The molecule has 1 heteroatoms. The predicted octanol–water partition coefficient (Wildman–Crippen LogP) is 10.2. The van der Waals surface area contributed by atoms with Gasteiger partial charge in [0.2, 0.25) is 0 Å². The average Bonchev–Trinajstić information content (AvgIpc) is 3.06. The molecule has 1 nitrogen and oxygen atoms in total. The summed E-state index contributed by atoms with van der Waals surface area (Å²) in [6.07, 6.45) is 0. The first-order valence-electron chi connectivity index (χ1n) is 14.7. The number of hydrogen-bond donors (Lipinski definition) is 0. The molecule has 0 saturated carbocycles. The Morgan fingerprint density at radius 3 is 1.51 bits per heavy atom. The lowest BCUT2D eigenvalue weighted by Crippen LogP contribution is -2.09. The maximum atomic E-state index is 8.62. The highest BCUT2D eigenvalue weighted by Gasteiger charge is 2.13. The molecule has 176 valence electrons. The van der Waals surface area contributed by atoms with Gasteiger partial charge >= 0.3 is 0 Å². The smallest absolute Gasteiger partial charge is 0.0645 e. The molecule has 0 bridgehead atoms. The van der Waals surface area contributed by atoms with E-state index in [-0.39, 0.29) is 29.9 Å². The largest absolute Gasteiger partial charge is 0.311 e. The van der Waals surface area contributed by atoms with Crippen LogP contribution in [0.3, 0.4) is 0 Å². The lowest BCUT2D eigenvalue weighted by atomic mass is 9.91. The van der Waals surface area contributed by atoms with Gasteiger partial charge in [0.05, 0.1) is 6.85 Å². The van der Waals surface area contributed by atoms with Crippen molar-refractivity contribution in [3.8, 4) is 33.4 Å². The van der Waals surface area contributed by atoms with E-state index in [2.05, 4.69) is 42.5 Å². The summed E-state index contributed by atoms with van der Waals surface area (Å²) < 4.78 is 41.8. The lowest BCUT2D eigenvalue weighted by Gasteiger charge is -2.25. The van der Waals surface area contributed by atoms with E-state index in [1.54, 1.807) is 4.90 Å². The third-order valence-electron chi connectivity index (χ3n) is 6.37. The highest BCUT2D eigenvalue weighted by atomic mass is 15.1. The van der Waals surface area contributed by atoms with Gasteiger partial charge in [-0.1, -0.05) is 121 Å². The van der Waals surface area contributed by atoms with Crippen LogP contribution < -0.4 is 4.90 Å². The van der Waals surface area contributed by atoms with Crippen molar-refractivity contribution >= 4 is 17.1 Å². The average molecular weight is 479 g/mol. The standard InChI is InChI=1S/C36H27N/c1-5-13-29(14-6-1)35-26-23-31(27-36(35)30-15-7-2-8-16-30)28-21-24-34(25-22-28)37(32-17-9-3-10-18-32)33-19-11-4-12-20-33/h1-27H/i3D,9D,10D,17D,18D. The summed E-state index contributed by atoms with van der Waals surface area (Å²) in [5, 5.41) is 0. The monoisotopic (exact) mass is 478 g/mol. The highest BCUT2D eigenvalue weighted by Crippen LogP contribution is 2.38. The van der Waals surface area contributed by atoms with Gasteiger partial charge in [-0.05, 0) is 75.8 Å². The predicted molar refractivity (Wildman–Crippen MR) is 157 cm³/mol. The Morgan fingerprint density at radius 2 is 0.892 bits per heavy atom. The van der Waals surface area contributed by atoms with Gasteiger partial charge in [0.1, 0.15) is 0 Å². The number of para-hydroxylation sites is 2. The molecular weight excluding hydrogens is 446 g/mol. The zero-order valence-corrected chi connectivity index (χ0v) is 20.1. The van der Waals surface area contributed by atoms with Gasteiger partial charge in [-0.25, -0.2) is 0 Å². The van der Waals surface area contributed by atoms with Crippen LogP contribution >= 0.6 is 0 Å². The molecule has 0 N–H and O–H groups in total. The fraction of sp³-hybridized carbons (Fsp3) is 0. The number of nitrogens with zero attached hydrogens (tertiary/aromatic N) is 1. The van der Waals surface area contributed by atoms with E-state index in [0.29, 0.717) is 11.4 Å². The molecule has 0 heterocycles. The summed E-state index contributed by atoms with van der Waals surface area (Å²) in [5.41, 5.74) is 8.11. The first-order chi connectivity index (χ1) is 20.4. The van der Waals surface area contributed by atoms with Gasteiger partial charge in [-0.3, -0.25) is 0 Å². The molecule has 0 radical (unpaired) electrons. The van der Waals surface area contributed by atoms with Gasteiger partial charge in [-0.2, -0.15) is 0 Å². The van der Waals surface area contributed by atoms with Crippen LogP contribution in [0.4, 0.5) is 17.1 Å². The van der Waals surface area contributed by atoms with Crippen LogP contribution in [0.15, 0.2) is 164 Å². The highest BCUT2D eigenvalue weighted by molar-refractivity contribution is 5.87. The summed E-state index contributed by atoms with van der Waals surface area (Å²) in [4.78, 5) is 1.72. The van der Waals surface area contributed by atoms with Crippen molar-refractivity contribution in [2.75, 3.05) is 4.90 Å². The minimum absolute atomic E-state index is 0.110. The maximum absolute atomic E-state index is 8.62. The maximum Gasteiger partial charge on any atom is 0.0645 e. The van der Waals surface area contributed by atoms with E-state index < -0.39 is 6.04 Å². The van der Waals surface area contributed by atoms with Crippen LogP contribution in [0.5, 0.6) is 0 Å². The third kappa shape index (κ3) is 4.80. The minimum Gasteiger partial charge on any atom is -0.311 e. The van der Waals surface area contributed by atoms with Crippen molar-refractivity contribution in [2.24, 2.45) is 0 Å². The molecule has 0 spiro atoms. The molecule has 6 aromatic carbocycles. The SMILES string of the molecule is [2H]c1c([2H])c([2H])c(N(c2ccccc2)c2ccc(-c3ccc(-c4ccccc4)c(-c4ccccc4)c3)cc2)c([2H])c1[2H]. The van der Waals surface area contributed by atoms with Crippen molar-refractivity contribution in [1.82, 2.24) is 0 Å². The molecule has 37 heavy (non-hydrogen) atoms. The van der Waals surface area contributed by atoms with Crippen molar-refractivity contribution in [1.29, 1.82) is 0 Å². The van der Waals surface area contributed by atoms with Gasteiger partial charge in [0.15, 0.2) is 0 Å². The Morgan fingerprint density at radius 1 is 0.378 bits per heavy atom. The Balaban J connectivity index is 1.46. The quantitative estimate of drug-likeness (QED) is 0.230.